The molecule has 0 spiro atoms. The molecule has 3 rings (SSSR count). The summed E-state index contributed by atoms with van der Waals surface area (Å²) in [6, 6.07) is 5.93. The minimum Gasteiger partial charge on any atom is -0.288 e. The van der Waals surface area contributed by atoms with Crippen LogP contribution < -0.4 is 0 Å². The lowest BCUT2D eigenvalue weighted by Crippen LogP contribution is -2.45. The average Bonchev–Trinajstić information content (AvgIpc) is 3.10. The summed E-state index contributed by atoms with van der Waals surface area (Å²) >= 11 is 0. The van der Waals surface area contributed by atoms with Crippen LogP contribution in [0.15, 0.2) is 30.6 Å². The highest BCUT2D eigenvalue weighted by atomic mass is 32.2. The number of pyridine rings is 1. The van der Waals surface area contributed by atoms with Crippen LogP contribution in [0.1, 0.15) is 37.2 Å². The van der Waals surface area contributed by atoms with E-state index in [1.165, 1.54) is 4.31 Å². The van der Waals surface area contributed by atoms with Gasteiger partial charge in [0.1, 0.15) is 11.6 Å². The van der Waals surface area contributed by atoms with Gasteiger partial charge in [0.15, 0.2) is 0 Å². The number of nitrogens with zero attached hydrogens (tertiary/aromatic N) is 5. The average molecular weight is 363 g/mol. The van der Waals surface area contributed by atoms with E-state index >= 15 is 0 Å². The molecule has 2 aromatic rings. The maximum atomic E-state index is 12.4. The molecule has 1 saturated heterocycles. The van der Waals surface area contributed by atoms with Crippen molar-refractivity contribution in [1.82, 2.24) is 23.1 Å². The summed E-state index contributed by atoms with van der Waals surface area (Å²) < 4.78 is 29.7. The topological polar surface area (TPSA) is 71.3 Å². The molecule has 7 nitrogen and oxygen atoms in total. The lowest BCUT2D eigenvalue weighted by atomic mass is 9.95. The van der Waals surface area contributed by atoms with Gasteiger partial charge in [0.05, 0.1) is 0 Å². The minimum atomic E-state index is -3.38. The van der Waals surface area contributed by atoms with Gasteiger partial charge in [0.2, 0.25) is 0 Å². The van der Waals surface area contributed by atoms with Crippen molar-refractivity contribution in [3.05, 3.63) is 42.1 Å². The Morgan fingerprint density at radius 2 is 2.12 bits per heavy atom. The molecular formula is C17H25N5O2S. The fourth-order valence-electron chi connectivity index (χ4n) is 3.23. The normalized spacial score (nSPS) is 19.4. The van der Waals surface area contributed by atoms with Crippen molar-refractivity contribution in [2.75, 3.05) is 27.2 Å². The number of hydrogen-bond acceptors (Lipinski definition) is 4. The number of hydrogen-bond donors (Lipinski definition) is 0. The predicted molar refractivity (Wildman–Crippen MR) is 96.9 cm³/mol. The van der Waals surface area contributed by atoms with Crippen molar-refractivity contribution in [2.45, 2.75) is 32.1 Å². The van der Waals surface area contributed by atoms with E-state index in [2.05, 4.69) is 11.9 Å². The summed E-state index contributed by atoms with van der Waals surface area (Å²) in [5.74, 6) is 1.90. The molecule has 0 bridgehead atoms. The monoisotopic (exact) mass is 363 g/mol. The Balaban J connectivity index is 1.86. The molecule has 136 valence electrons. The molecule has 0 aliphatic carbocycles. The third-order valence-corrected chi connectivity index (χ3v) is 6.53. The number of imidazole rings is 1. The van der Waals surface area contributed by atoms with Crippen molar-refractivity contribution in [3.63, 3.8) is 0 Å². The molecule has 1 fully saturated rings. The standard InChI is InChI=1S/C17H25N5O2S/c1-4-16-18-10-12-22(16)17-9-5-8-15(19-17)14-7-6-11-21(13-14)25(23,24)20(2)3/h5,8-10,12,14H,4,6-7,11,13H2,1-3H3/t14-/m0/s1. The zero-order chi connectivity index (χ0) is 18.0. The van der Waals surface area contributed by atoms with Gasteiger partial charge in [-0.05, 0) is 25.0 Å². The minimum absolute atomic E-state index is 0.108. The van der Waals surface area contributed by atoms with Gasteiger partial charge >= 0.3 is 0 Å². The molecule has 25 heavy (non-hydrogen) atoms. The van der Waals surface area contributed by atoms with Crippen LogP contribution in [0.2, 0.25) is 0 Å². The van der Waals surface area contributed by atoms with Crippen molar-refractivity contribution < 1.29 is 8.42 Å². The van der Waals surface area contributed by atoms with Crippen molar-refractivity contribution >= 4 is 10.2 Å². The van der Waals surface area contributed by atoms with Gasteiger partial charge < -0.3 is 0 Å². The van der Waals surface area contributed by atoms with Gasteiger partial charge in [0.25, 0.3) is 10.2 Å². The Morgan fingerprint density at radius 3 is 2.84 bits per heavy atom. The van der Waals surface area contributed by atoms with Gasteiger partial charge in [0, 0.05) is 57.6 Å². The van der Waals surface area contributed by atoms with E-state index in [0.29, 0.717) is 13.1 Å². The van der Waals surface area contributed by atoms with Crippen molar-refractivity contribution in [1.29, 1.82) is 0 Å². The lowest BCUT2D eigenvalue weighted by molar-refractivity contribution is 0.296. The summed E-state index contributed by atoms with van der Waals surface area (Å²) in [5, 5.41) is 0. The van der Waals surface area contributed by atoms with E-state index in [1.54, 1.807) is 24.6 Å². The first-order valence-electron chi connectivity index (χ1n) is 8.60. The Labute approximate surface area is 149 Å². The second-order valence-corrected chi connectivity index (χ2v) is 8.62. The molecule has 3 heterocycles. The zero-order valence-corrected chi connectivity index (χ0v) is 15.8. The number of aromatic nitrogens is 3. The van der Waals surface area contributed by atoms with E-state index in [0.717, 1.165) is 36.6 Å². The van der Waals surface area contributed by atoms with Gasteiger partial charge in [-0.2, -0.15) is 17.0 Å². The molecule has 0 unspecified atom stereocenters. The quantitative estimate of drug-likeness (QED) is 0.812. The fraction of sp³-hybridized carbons (Fsp3) is 0.529. The maximum absolute atomic E-state index is 12.4. The molecule has 8 heteroatoms. The molecule has 0 radical (unpaired) electrons. The summed E-state index contributed by atoms with van der Waals surface area (Å²) in [6.45, 7) is 3.10. The molecule has 1 aliphatic heterocycles. The zero-order valence-electron chi connectivity index (χ0n) is 15.0. The van der Waals surface area contributed by atoms with Gasteiger partial charge in [-0.25, -0.2) is 9.97 Å². The molecule has 0 aromatic carbocycles. The number of piperidine rings is 1. The SMILES string of the molecule is CCc1nccn1-c1cccc([C@H]2CCCN(S(=O)(=O)N(C)C)C2)n1. The van der Waals surface area contributed by atoms with Crippen LogP contribution in [-0.4, -0.2) is 58.7 Å². The highest BCUT2D eigenvalue weighted by Gasteiger charge is 2.31. The van der Waals surface area contributed by atoms with E-state index in [4.69, 9.17) is 4.98 Å². The molecule has 0 saturated carbocycles. The molecule has 1 aliphatic rings. The van der Waals surface area contributed by atoms with E-state index in [-0.39, 0.29) is 5.92 Å². The van der Waals surface area contributed by atoms with Crippen LogP contribution in [0, 0.1) is 0 Å². The van der Waals surface area contributed by atoms with Crippen LogP contribution >= 0.6 is 0 Å². The smallest absolute Gasteiger partial charge is 0.281 e. The first kappa shape index (κ1) is 18.0. The van der Waals surface area contributed by atoms with Crippen LogP contribution in [0.25, 0.3) is 5.82 Å². The van der Waals surface area contributed by atoms with Crippen LogP contribution in [0.3, 0.4) is 0 Å². The predicted octanol–water partition coefficient (Wildman–Crippen LogP) is 1.82. The third kappa shape index (κ3) is 3.61. The fourth-order valence-corrected chi connectivity index (χ4v) is 4.42. The Hall–Kier alpha value is -1.77. The van der Waals surface area contributed by atoms with Gasteiger partial charge in [-0.15, -0.1) is 0 Å². The summed E-state index contributed by atoms with van der Waals surface area (Å²) in [4.78, 5) is 9.14. The second-order valence-electron chi connectivity index (χ2n) is 6.48. The molecule has 2 aromatic heterocycles. The third-order valence-electron chi connectivity index (χ3n) is 4.63. The molecule has 1 atom stereocenters. The Kier molecular flexibility index (Phi) is 5.21. The summed E-state index contributed by atoms with van der Waals surface area (Å²) in [5.41, 5.74) is 0.937. The second kappa shape index (κ2) is 7.23. The molecule has 0 amide bonds. The first-order valence-corrected chi connectivity index (χ1v) is 10.00. The van der Waals surface area contributed by atoms with Crippen molar-refractivity contribution in [3.8, 4) is 5.82 Å². The highest BCUT2D eigenvalue weighted by Crippen LogP contribution is 2.28. The summed E-state index contributed by atoms with van der Waals surface area (Å²) in [7, 11) is -0.236. The maximum Gasteiger partial charge on any atom is 0.281 e. The van der Waals surface area contributed by atoms with Gasteiger partial charge in [-0.3, -0.25) is 4.57 Å². The van der Waals surface area contributed by atoms with Crippen LogP contribution in [0.5, 0.6) is 0 Å². The number of aryl methyl sites for hydroxylation is 1. The first-order chi connectivity index (χ1) is 11.9. The van der Waals surface area contributed by atoms with Crippen LogP contribution in [-0.2, 0) is 16.6 Å². The van der Waals surface area contributed by atoms with Crippen molar-refractivity contribution in [2.24, 2.45) is 0 Å². The molecular weight excluding hydrogens is 338 g/mol. The highest BCUT2D eigenvalue weighted by molar-refractivity contribution is 7.86. The van der Waals surface area contributed by atoms with E-state index in [1.807, 2.05) is 29.0 Å². The van der Waals surface area contributed by atoms with Crippen LogP contribution in [0.4, 0.5) is 0 Å². The largest absolute Gasteiger partial charge is 0.288 e. The van der Waals surface area contributed by atoms with E-state index in [9.17, 15) is 8.42 Å². The Morgan fingerprint density at radius 1 is 1.32 bits per heavy atom. The van der Waals surface area contributed by atoms with E-state index < -0.39 is 10.2 Å². The van der Waals surface area contributed by atoms with Gasteiger partial charge in [-0.1, -0.05) is 13.0 Å². The summed E-state index contributed by atoms with van der Waals surface area (Å²) in [6.07, 6.45) is 6.31. The Bertz CT molecular complexity index is 831. The lowest BCUT2D eigenvalue weighted by Gasteiger charge is -2.33. The molecule has 0 N–H and O–H groups in total. The number of rotatable bonds is 5.